The number of para-hydroxylation sites is 8. The molecule has 0 atom stereocenters. The Morgan fingerprint density at radius 1 is 0.207 bits per heavy atom. The lowest BCUT2D eigenvalue weighted by Gasteiger charge is -2.30. The second kappa shape index (κ2) is 26.5. The van der Waals surface area contributed by atoms with Gasteiger partial charge in [0.15, 0.2) is 16.7 Å². The number of furan rings is 3. The number of nitrogens with zero attached hydrogens (tertiary/aromatic N) is 4. The monoisotopic (exact) mass is 1500 g/mol. The first-order valence-corrected chi connectivity index (χ1v) is 40.5. The van der Waals surface area contributed by atoms with E-state index >= 15 is 0 Å². The minimum absolute atomic E-state index is 0.868. The van der Waals surface area contributed by atoms with Crippen LogP contribution in [0.5, 0.6) is 0 Å². The van der Waals surface area contributed by atoms with Crippen molar-refractivity contribution < 1.29 is 13.3 Å². The number of benzene rings is 20. The van der Waals surface area contributed by atoms with E-state index in [1.165, 1.54) is 113 Å². The number of hydrogen-bond donors (Lipinski definition) is 0. The summed E-state index contributed by atoms with van der Waals surface area (Å²) >= 11 is 1.87. The summed E-state index contributed by atoms with van der Waals surface area (Å²) in [6.07, 6.45) is 0. The minimum atomic E-state index is 0.868. The van der Waals surface area contributed by atoms with E-state index in [-0.39, 0.29) is 0 Å². The Bertz CT molecular complexity index is 7600. The van der Waals surface area contributed by atoms with Crippen LogP contribution >= 0.6 is 11.3 Å². The number of fused-ring (bicyclic) bond motifs is 12. The summed E-state index contributed by atoms with van der Waals surface area (Å²) in [5, 5.41) is 24.0. The van der Waals surface area contributed by atoms with Crippen LogP contribution in [0.1, 0.15) is 22.3 Å². The Morgan fingerprint density at radius 3 is 0.983 bits per heavy atom. The van der Waals surface area contributed by atoms with Crippen molar-refractivity contribution in [2.24, 2.45) is 0 Å². The van der Waals surface area contributed by atoms with Gasteiger partial charge in [-0.25, -0.2) is 0 Å². The average molecular weight is 1510 g/mol. The third-order valence-corrected chi connectivity index (χ3v) is 25.1. The molecular weight excluding hydrogens is 1430 g/mol. The lowest BCUT2D eigenvalue weighted by atomic mass is 9.88. The van der Waals surface area contributed by atoms with Crippen LogP contribution in [0.3, 0.4) is 0 Å². The van der Waals surface area contributed by atoms with Gasteiger partial charge < -0.3 is 32.9 Å². The van der Waals surface area contributed by atoms with Gasteiger partial charge in [-0.05, 0) is 214 Å². The molecule has 0 amide bonds. The highest BCUT2D eigenvalue weighted by atomic mass is 32.1. The van der Waals surface area contributed by atoms with Crippen molar-refractivity contribution in [3.05, 3.63) is 386 Å². The Labute approximate surface area is 672 Å². The van der Waals surface area contributed by atoms with Crippen LogP contribution in [0.2, 0.25) is 0 Å². The number of aryl methyl sites for hydroxylation is 4. The highest BCUT2D eigenvalue weighted by Gasteiger charge is 2.30. The highest BCUT2D eigenvalue weighted by Crippen LogP contribution is 2.55. The third kappa shape index (κ3) is 10.4. The quantitative estimate of drug-likeness (QED) is 0.113. The molecule has 0 unspecified atom stereocenters. The van der Waals surface area contributed by atoms with E-state index in [1.54, 1.807) is 0 Å². The third-order valence-electron chi connectivity index (χ3n) is 23.9. The molecule has 0 fully saturated rings. The van der Waals surface area contributed by atoms with Crippen molar-refractivity contribution in [2.75, 3.05) is 19.6 Å². The number of thiophene rings is 1. The Morgan fingerprint density at radius 2 is 0.534 bits per heavy atom. The molecule has 24 rings (SSSR count). The fourth-order valence-corrected chi connectivity index (χ4v) is 20.0. The van der Waals surface area contributed by atoms with Crippen LogP contribution in [0, 0.1) is 27.7 Å². The fourth-order valence-electron chi connectivity index (χ4n) is 18.8. The molecule has 7 nitrogen and oxygen atoms in total. The number of anilines is 12. The van der Waals surface area contributed by atoms with Crippen molar-refractivity contribution in [1.82, 2.24) is 0 Å². The predicted octanol–water partition coefficient (Wildman–Crippen LogP) is 32.3. The van der Waals surface area contributed by atoms with Gasteiger partial charge in [0.25, 0.3) is 0 Å². The predicted molar refractivity (Wildman–Crippen MR) is 493 cm³/mol. The van der Waals surface area contributed by atoms with Crippen molar-refractivity contribution in [2.45, 2.75) is 27.7 Å². The molecule has 0 aliphatic heterocycles. The van der Waals surface area contributed by atoms with E-state index in [9.17, 15) is 0 Å². The molecular formula is C108H72N4O3S. The van der Waals surface area contributed by atoms with Crippen LogP contribution in [-0.4, -0.2) is 0 Å². The first kappa shape index (κ1) is 67.0. The minimum Gasteiger partial charge on any atom is -0.454 e. The fraction of sp³-hybridized carbons (Fsp3) is 0.0370. The van der Waals surface area contributed by atoms with Gasteiger partial charge in [-0.3, -0.25) is 0 Å². The maximum atomic E-state index is 6.70. The molecule has 0 N–H and O–H groups in total. The zero-order valence-electron chi connectivity index (χ0n) is 64.1. The maximum absolute atomic E-state index is 6.70. The SMILES string of the molecule is Cc1cc(N(c2ccccc2)c2cccc3c2oc2ccccc23)c2ccc3c(C)cc(N(c4ccccc4)c4cccc5c4oc4ccccc45)c4ccc1c2c34.Cc1cccc(N(c2ccc3ccc4c(N(c5cccc(C)c5)c5cccc6c5sc5ccccc56)ccc5ccc2c3c54)c2cccc3c2oc2ccccc23)c1. The van der Waals surface area contributed by atoms with Crippen LogP contribution in [0.15, 0.2) is 377 Å². The Balaban J connectivity index is 0.000000137. The first-order chi connectivity index (χ1) is 57.2. The van der Waals surface area contributed by atoms with Crippen molar-refractivity contribution in [3.8, 4) is 0 Å². The summed E-state index contributed by atoms with van der Waals surface area (Å²) in [6, 6.07) is 132. The van der Waals surface area contributed by atoms with Gasteiger partial charge in [-0.15, -0.1) is 11.3 Å². The average Bonchev–Trinajstić information content (AvgIpc) is 0.915. The molecule has 0 bridgehead atoms. The standard InChI is InChI=1S/C54H36N2O2.C54H36N2OS/c1-33-31-47(55(35-15-5-3-6-16-35)45-23-13-21-41-39-19-9-11-25-49(39)57-53(41)45)43-30-28-38-34(2)32-48(44-29-27-37(33)51(43)52(38)44)56(36-17-7-4-8-18-36)46-24-14-22-42-40-20-10-12-26-50(40)58-54(42)46;1-33-11-7-13-37(31-33)55(47-19-9-17-41-39-15-3-5-21-49(39)57-53(41)47)45-29-25-35-24-28-44-46(30-26-36-23-27-43(45)51(35)52(36)44)56(38-14-8-12-34(2)32-38)48-20-10-18-42-40-16-4-6-22-50(40)58-54(42)48/h2*3-32H,1-2H3. The second-order valence-corrected chi connectivity index (χ2v) is 31.8. The van der Waals surface area contributed by atoms with Crippen LogP contribution < -0.4 is 19.6 Å². The van der Waals surface area contributed by atoms with E-state index < -0.39 is 0 Å². The highest BCUT2D eigenvalue weighted by molar-refractivity contribution is 7.26. The molecule has 0 aliphatic rings. The first-order valence-electron chi connectivity index (χ1n) is 39.7. The summed E-state index contributed by atoms with van der Waals surface area (Å²) in [4.78, 5) is 9.65. The largest absolute Gasteiger partial charge is 0.454 e. The van der Waals surface area contributed by atoms with Gasteiger partial charge >= 0.3 is 0 Å². The summed E-state index contributed by atoms with van der Waals surface area (Å²) in [5.74, 6) is 0. The summed E-state index contributed by atoms with van der Waals surface area (Å²) in [5.41, 5.74) is 23.2. The van der Waals surface area contributed by atoms with Crippen LogP contribution in [-0.2, 0) is 0 Å². The molecule has 0 aliphatic carbocycles. The van der Waals surface area contributed by atoms with E-state index in [1.807, 2.05) is 29.5 Å². The summed E-state index contributed by atoms with van der Waals surface area (Å²) in [6.45, 7) is 8.83. The van der Waals surface area contributed by atoms with Crippen LogP contribution in [0.4, 0.5) is 68.2 Å². The lowest BCUT2D eigenvalue weighted by Crippen LogP contribution is -2.12. The zero-order chi connectivity index (χ0) is 77.0. The van der Waals surface area contributed by atoms with Crippen LogP contribution in [0.25, 0.3) is 151 Å². The van der Waals surface area contributed by atoms with Crippen molar-refractivity contribution >= 4 is 230 Å². The lowest BCUT2D eigenvalue weighted by molar-refractivity contribution is 0.669. The van der Waals surface area contributed by atoms with Gasteiger partial charge in [-0.1, -0.05) is 243 Å². The maximum Gasteiger partial charge on any atom is 0.159 e. The van der Waals surface area contributed by atoms with Gasteiger partial charge in [0, 0.05) is 92.1 Å². The Kier molecular flexibility index (Phi) is 15.3. The molecule has 4 heterocycles. The molecule has 0 saturated carbocycles. The molecule has 24 aromatic rings. The zero-order valence-corrected chi connectivity index (χ0v) is 64.9. The van der Waals surface area contributed by atoms with Gasteiger partial charge in [0.1, 0.15) is 16.7 Å². The number of rotatable bonds is 12. The normalized spacial score (nSPS) is 12.0. The van der Waals surface area contributed by atoms with E-state index in [2.05, 4.69) is 393 Å². The summed E-state index contributed by atoms with van der Waals surface area (Å²) in [7, 11) is 0. The second-order valence-electron chi connectivity index (χ2n) is 30.8. The topological polar surface area (TPSA) is 52.4 Å². The number of hydrogen-bond acceptors (Lipinski definition) is 8. The summed E-state index contributed by atoms with van der Waals surface area (Å²) < 4.78 is 22.7. The molecule has 548 valence electrons. The molecule has 4 aromatic heterocycles. The van der Waals surface area contributed by atoms with Gasteiger partial charge in [-0.2, -0.15) is 0 Å². The van der Waals surface area contributed by atoms with E-state index in [0.717, 1.165) is 128 Å². The Hall–Kier alpha value is -14.7. The van der Waals surface area contributed by atoms with Gasteiger partial charge in [0.2, 0.25) is 0 Å². The molecule has 116 heavy (non-hydrogen) atoms. The molecule has 20 aromatic carbocycles. The van der Waals surface area contributed by atoms with Crippen molar-refractivity contribution in [1.29, 1.82) is 0 Å². The molecule has 0 radical (unpaired) electrons. The molecule has 0 saturated heterocycles. The van der Waals surface area contributed by atoms with E-state index in [0.29, 0.717) is 0 Å². The molecule has 8 heteroatoms. The smallest absolute Gasteiger partial charge is 0.159 e. The van der Waals surface area contributed by atoms with Crippen molar-refractivity contribution in [3.63, 3.8) is 0 Å². The molecule has 0 spiro atoms. The van der Waals surface area contributed by atoms with E-state index in [4.69, 9.17) is 13.3 Å². The van der Waals surface area contributed by atoms with Gasteiger partial charge in [0.05, 0.1) is 50.2 Å².